The highest BCUT2D eigenvalue weighted by atomic mass is 19.1. The van der Waals surface area contributed by atoms with Gasteiger partial charge in [0.05, 0.1) is 11.0 Å². The minimum Gasteiger partial charge on any atom is -0.355 e. The molecule has 3 rings (SSSR count). The van der Waals surface area contributed by atoms with Gasteiger partial charge in [0.1, 0.15) is 12.1 Å². The van der Waals surface area contributed by atoms with Crippen LogP contribution in [0.3, 0.4) is 0 Å². The summed E-state index contributed by atoms with van der Waals surface area (Å²) >= 11 is 0. The summed E-state index contributed by atoms with van der Waals surface area (Å²) in [5.74, 6) is 1.12. The van der Waals surface area contributed by atoms with Crippen LogP contribution in [-0.2, 0) is 13.5 Å². The van der Waals surface area contributed by atoms with Gasteiger partial charge in [0, 0.05) is 20.0 Å². The molecule has 2 N–H and O–H groups in total. The third-order valence-corrected chi connectivity index (χ3v) is 2.73. The van der Waals surface area contributed by atoms with Crippen molar-refractivity contribution in [1.29, 1.82) is 0 Å². The Hall–Kier alpha value is -2.44. The van der Waals surface area contributed by atoms with Crippen molar-refractivity contribution >= 4 is 17.0 Å². The number of fused-ring (bicyclic) bond motifs is 1. The molecule has 0 aliphatic heterocycles. The lowest BCUT2D eigenvalue weighted by Crippen LogP contribution is -2.07. The van der Waals surface area contributed by atoms with Gasteiger partial charge in [-0.1, -0.05) is 0 Å². The molecule has 0 fully saturated rings. The number of nitrogens with zero attached hydrogens (tertiary/aromatic N) is 4. The zero-order chi connectivity index (χ0) is 13.2. The van der Waals surface area contributed by atoms with Crippen LogP contribution in [0.4, 0.5) is 10.3 Å². The number of nitrogens with one attached hydrogen (secondary N) is 2. The molecule has 0 aliphatic rings. The van der Waals surface area contributed by atoms with E-state index in [4.69, 9.17) is 0 Å². The molecule has 2 aromatic heterocycles. The fourth-order valence-corrected chi connectivity index (χ4v) is 1.86. The summed E-state index contributed by atoms with van der Waals surface area (Å²) < 4.78 is 14.7. The summed E-state index contributed by atoms with van der Waals surface area (Å²) in [5, 5.41) is 7.31. The maximum Gasteiger partial charge on any atom is 0.201 e. The highest BCUT2D eigenvalue weighted by Gasteiger charge is 2.04. The van der Waals surface area contributed by atoms with Crippen molar-refractivity contribution in [2.45, 2.75) is 6.42 Å². The molecule has 6 nitrogen and oxygen atoms in total. The van der Waals surface area contributed by atoms with Gasteiger partial charge in [0.2, 0.25) is 5.95 Å². The topological polar surface area (TPSA) is 71.4 Å². The molecular weight excluding hydrogens is 247 g/mol. The van der Waals surface area contributed by atoms with Gasteiger partial charge < -0.3 is 10.3 Å². The molecule has 0 spiro atoms. The second-order valence-corrected chi connectivity index (χ2v) is 4.26. The van der Waals surface area contributed by atoms with Crippen molar-refractivity contribution in [2.24, 2.45) is 7.05 Å². The second kappa shape index (κ2) is 4.68. The van der Waals surface area contributed by atoms with Crippen molar-refractivity contribution in [3.63, 3.8) is 0 Å². The largest absolute Gasteiger partial charge is 0.355 e. The van der Waals surface area contributed by atoms with E-state index >= 15 is 0 Å². The number of benzene rings is 1. The van der Waals surface area contributed by atoms with Crippen LogP contribution in [0.25, 0.3) is 11.0 Å². The van der Waals surface area contributed by atoms with E-state index in [2.05, 4.69) is 25.4 Å². The number of imidazole rings is 1. The predicted octanol–water partition coefficient (Wildman–Crippen LogP) is 1.49. The third-order valence-electron chi connectivity index (χ3n) is 2.73. The molecule has 0 saturated heterocycles. The van der Waals surface area contributed by atoms with E-state index in [1.165, 1.54) is 12.1 Å². The van der Waals surface area contributed by atoms with Crippen molar-refractivity contribution in [1.82, 2.24) is 24.7 Å². The highest BCUT2D eigenvalue weighted by Crippen LogP contribution is 2.15. The van der Waals surface area contributed by atoms with Crippen molar-refractivity contribution < 1.29 is 4.39 Å². The van der Waals surface area contributed by atoms with Crippen LogP contribution in [0.15, 0.2) is 24.5 Å². The number of halogens is 1. The summed E-state index contributed by atoms with van der Waals surface area (Å²) in [5.41, 5.74) is 1.42. The van der Waals surface area contributed by atoms with E-state index in [-0.39, 0.29) is 5.82 Å². The Bertz CT molecular complexity index is 701. The lowest BCUT2D eigenvalue weighted by Gasteiger charge is -1.99. The Balaban J connectivity index is 1.65. The minimum absolute atomic E-state index is 0.277. The predicted molar refractivity (Wildman–Crippen MR) is 69.2 cm³/mol. The Morgan fingerprint density at radius 1 is 1.42 bits per heavy atom. The first-order valence-corrected chi connectivity index (χ1v) is 5.94. The van der Waals surface area contributed by atoms with Crippen LogP contribution >= 0.6 is 0 Å². The van der Waals surface area contributed by atoms with Crippen molar-refractivity contribution in [3.05, 3.63) is 36.2 Å². The van der Waals surface area contributed by atoms with Crippen molar-refractivity contribution in [2.75, 3.05) is 11.9 Å². The van der Waals surface area contributed by atoms with Crippen LogP contribution in [-0.4, -0.2) is 31.3 Å². The van der Waals surface area contributed by atoms with E-state index in [0.717, 1.165) is 11.3 Å². The zero-order valence-corrected chi connectivity index (χ0v) is 10.4. The number of hydrogen-bond acceptors (Lipinski definition) is 4. The Morgan fingerprint density at radius 2 is 2.32 bits per heavy atom. The molecule has 0 atom stereocenters. The van der Waals surface area contributed by atoms with Crippen LogP contribution < -0.4 is 5.32 Å². The summed E-state index contributed by atoms with van der Waals surface area (Å²) in [4.78, 5) is 11.5. The number of rotatable bonds is 4. The van der Waals surface area contributed by atoms with Crippen LogP contribution in [0.1, 0.15) is 5.82 Å². The van der Waals surface area contributed by atoms with Crippen LogP contribution in [0, 0.1) is 5.82 Å². The van der Waals surface area contributed by atoms with E-state index in [9.17, 15) is 4.39 Å². The van der Waals surface area contributed by atoms with Gasteiger partial charge in [-0.15, -0.1) is 0 Å². The standard InChI is InChI=1S/C12H13FN6/c1-19-7-15-11(18-19)4-5-14-12-16-9-3-2-8(13)6-10(9)17-12/h2-3,6-7H,4-5H2,1H3,(H2,14,16,17). The normalized spacial score (nSPS) is 11.1. The van der Waals surface area contributed by atoms with E-state index in [0.29, 0.717) is 24.4 Å². The fourth-order valence-electron chi connectivity index (χ4n) is 1.86. The first-order valence-electron chi connectivity index (χ1n) is 5.94. The molecule has 0 radical (unpaired) electrons. The summed E-state index contributed by atoms with van der Waals surface area (Å²) in [6.45, 7) is 0.659. The first kappa shape index (κ1) is 11.6. The zero-order valence-electron chi connectivity index (χ0n) is 10.4. The molecule has 0 aliphatic carbocycles. The monoisotopic (exact) mass is 260 g/mol. The number of H-pyrrole nitrogens is 1. The van der Waals surface area contributed by atoms with Gasteiger partial charge in [-0.25, -0.2) is 14.4 Å². The smallest absolute Gasteiger partial charge is 0.201 e. The third kappa shape index (κ3) is 2.54. The van der Waals surface area contributed by atoms with Gasteiger partial charge in [-0.2, -0.15) is 5.10 Å². The van der Waals surface area contributed by atoms with Gasteiger partial charge >= 0.3 is 0 Å². The van der Waals surface area contributed by atoms with E-state index in [1.807, 2.05) is 7.05 Å². The molecule has 98 valence electrons. The Labute approximate surface area is 108 Å². The van der Waals surface area contributed by atoms with E-state index in [1.54, 1.807) is 17.1 Å². The molecule has 2 heterocycles. The molecule has 0 bridgehead atoms. The average Bonchev–Trinajstić information content (AvgIpc) is 2.95. The maximum absolute atomic E-state index is 13.0. The molecule has 0 unspecified atom stereocenters. The Morgan fingerprint density at radius 3 is 3.11 bits per heavy atom. The van der Waals surface area contributed by atoms with Crippen LogP contribution in [0.5, 0.6) is 0 Å². The lowest BCUT2D eigenvalue weighted by atomic mass is 10.3. The highest BCUT2D eigenvalue weighted by molar-refractivity contribution is 5.77. The molecule has 0 amide bonds. The van der Waals surface area contributed by atoms with Crippen LogP contribution in [0.2, 0.25) is 0 Å². The summed E-state index contributed by atoms with van der Waals surface area (Å²) in [7, 11) is 1.83. The quantitative estimate of drug-likeness (QED) is 0.745. The maximum atomic E-state index is 13.0. The average molecular weight is 260 g/mol. The summed E-state index contributed by atoms with van der Waals surface area (Å²) in [6.07, 6.45) is 2.37. The summed E-state index contributed by atoms with van der Waals surface area (Å²) in [6, 6.07) is 4.46. The number of anilines is 1. The molecule has 19 heavy (non-hydrogen) atoms. The molecule has 3 aromatic rings. The van der Waals surface area contributed by atoms with Gasteiger partial charge in [0.25, 0.3) is 0 Å². The van der Waals surface area contributed by atoms with E-state index < -0.39 is 0 Å². The molecular formula is C12H13FN6. The second-order valence-electron chi connectivity index (χ2n) is 4.26. The Kier molecular flexibility index (Phi) is 2.86. The van der Waals surface area contributed by atoms with Gasteiger partial charge in [-0.3, -0.25) is 4.68 Å². The first-order chi connectivity index (χ1) is 9.20. The molecule has 7 heteroatoms. The SMILES string of the molecule is Cn1cnc(CCNc2nc3ccc(F)cc3[nH]2)n1. The number of aryl methyl sites for hydroxylation is 1. The van der Waals surface area contributed by atoms with Crippen molar-refractivity contribution in [3.8, 4) is 0 Å². The number of aromatic amines is 1. The lowest BCUT2D eigenvalue weighted by molar-refractivity contribution is 0.629. The minimum atomic E-state index is -0.277. The number of aromatic nitrogens is 5. The molecule has 1 aromatic carbocycles. The number of hydrogen-bond donors (Lipinski definition) is 2. The molecule has 0 saturated carbocycles. The van der Waals surface area contributed by atoms with Gasteiger partial charge in [0.15, 0.2) is 5.82 Å². The fraction of sp³-hybridized carbons (Fsp3) is 0.250. The van der Waals surface area contributed by atoms with Gasteiger partial charge in [-0.05, 0) is 18.2 Å².